The van der Waals surface area contributed by atoms with E-state index in [2.05, 4.69) is 53.6 Å². The van der Waals surface area contributed by atoms with Gasteiger partial charge in [0.15, 0.2) is 0 Å². The molecule has 1 atom stereocenters. The summed E-state index contributed by atoms with van der Waals surface area (Å²) in [7, 11) is 0. The van der Waals surface area contributed by atoms with Crippen LogP contribution in [0, 0.1) is 11.8 Å². The Labute approximate surface area is 196 Å². The van der Waals surface area contributed by atoms with E-state index in [1.54, 1.807) is 0 Å². The van der Waals surface area contributed by atoms with Crippen LogP contribution in [0.2, 0.25) is 0 Å². The number of likely N-dealkylation sites (tertiary alicyclic amines) is 1. The molecule has 2 N–H and O–H groups in total. The predicted octanol–water partition coefficient (Wildman–Crippen LogP) is 4.49. The van der Waals surface area contributed by atoms with Crippen molar-refractivity contribution >= 4 is 11.9 Å². The predicted molar refractivity (Wildman–Crippen MR) is 129 cm³/mol. The number of carbonyl (C=O) groups is 2. The Balaban J connectivity index is 1.33. The topological polar surface area (TPSA) is 70.7 Å². The molecule has 2 aliphatic heterocycles. The van der Waals surface area contributed by atoms with Crippen molar-refractivity contribution in [1.29, 1.82) is 0 Å². The van der Waals surface area contributed by atoms with E-state index in [1.807, 2.05) is 30.3 Å². The Hall–Kier alpha value is -2.86. The van der Waals surface area contributed by atoms with E-state index in [1.165, 1.54) is 5.56 Å². The molecule has 6 nitrogen and oxygen atoms in total. The quantitative estimate of drug-likeness (QED) is 0.554. The molecule has 2 aliphatic rings. The number of ether oxygens (including phenoxy) is 1. The number of nitrogens with one attached hydrogen (secondary N) is 2. The molecule has 0 bridgehead atoms. The molecule has 0 spiro atoms. The maximum atomic E-state index is 12.8. The van der Waals surface area contributed by atoms with Gasteiger partial charge in [0.25, 0.3) is 5.91 Å². The lowest BCUT2D eigenvalue weighted by Crippen LogP contribution is -2.56. The lowest BCUT2D eigenvalue weighted by atomic mass is 9.74. The zero-order valence-electron chi connectivity index (χ0n) is 19.7. The van der Waals surface area contributed by atoms with E-state index in [9.17, 15) is 9.59 Å². The molecule has 0 saturated carbocycles. The minimum Gasteiger partial charge on any atom is -0.489 e. The largest absolute Gasteiger partial charge is 0.489 e. The van der Waals surface area contributed by atoms with Gasteiger partial charge < -0.3 is 10.1 Å². The number of amides is 3. The van der Waals surface area contributed by atoms with E-state index in [4.69, 9.17) is 4.74 Å². The lowest BCUT2D eigenvalue weighted by molar-refractivity contribution is -0.127. The van der Waals surface area contributed by atoms with Gasteiger partial charge in [-0.3, -0.25) is 15.0 Å². The molecule has 0 aliphatic carbocycles. The van der Waals surface area contributed by atoms with Gasteiger partial charge in [-0.2, -0.15) is 0 Å². The average Bonchev–Trinajstić information content (AvgIpc) is 3.11. The van der Waals surface area contributed by atoms with Crippen molar-refractivity contribution in [3.63, 3.8) is 0 Å². The molecule has 2 aromatic rings. The molecular formula is C27H35N3O3. The summed E-state index contributed by atoms with van der Waals surface area (Å²) < 4.78 is 5.98. The Bertz CT molecular complexity index is 954. The highest BCUT2D eigenvalue weighted by atomic mass is 16.5. The highest BCUT2D eigenvalue weighted by Crippen LogP contribution is 2.36. The minimum absolute atomic E-state index is 0.144. The molecule has 6 heteroatoms. The van der Waals surface area contributed by atoms with Crippen molar-refractivity contribution in [3.05, 3.63) is 65.7 Å². The second-order valence-corrected chi connectivity index (χ2v) is 9.78. The van der Waals surface area contributed by atoms with E-state index in [0.29, 0.717) is 18.9 Å². The van der Waals surface area contributed by atoms with Crippen LogP contribution in [0.1, 0.15) is 50.7 Å². The molecule has 33 heavy (non-hydrogen) atoms. The van der Waals surface area contributed by atoms with Crippen molar-refractivity contribution in [2.24, 2.45) is 11.8 Å². The van der Waals surface area contributed by atoms with Gasteiger partial charge in [-0.1, -0.05) is 56.3 Å². The van der Waals surface area contributed by atoms with Crippen molar-refractivity contribution in [3.8, 4) is 5.75 Å². The summed E-state index contributed by atoms with van der Waals surface area (Å²) in [4.78, 5) is 27.2. The normalized spacial score (nSPS) is 21.8. The first-order valence-electron chi connectivity index (χ1n) is 12.1. The number of rotatable bonds is 9. The second-order valence-electron chi connectivity index (χ2n) is 9.78. The van der Waals surface area contributed by atoms with E-state index >= 15 is 0 Å². The molecule has 176 valence electrons. The fourth-order valence-corrected chi connectivity index (χ4v) is 5.01. The monoisotopic (exact) mass is 449 g/mol. The van der Waals surface area contributed by atoms with Gasteiger partial charge in [0.05, 0.1) is 0 Å². The third-order valence-electron chi connectivity index (χ3n) is 6.92. The van der Waals surface area contributed by atoms with Gasteiger partial charge in [0.2, 0.25) is 0 Å². The minimum atomic E-state index is -0.751. The SMILES string of the molecule is CC(C)CCC1(C2CCN(Cc3cccc(OCc4ccccc4)c3)CC2)NC(=O)NC1=O. The number of imide groups is 1. The summed E-state index contributed by atoms with van der Waals surface area (Å²) in [5.41, 5.74) is 1.62. The molecule has 0 aromatic heterocycles. The van der Waals surface area contributed by atoms with Gasteiger partial charge in [0, 0.05) is 6.54 Å². The molecule has 1 unspecified atom stereocenters. The van der Waals surface area contributed by atoms with Gasteiger partial charge in [-0.15, -0.1) is 0 Å². The van der Waals surface area contributed by atoms with Gasteiger partial charge >= 0.3 is 6.03 Å². The van der Waals surface area contributed by atoms with Gasteiger partial charge in [-0.05, 0) is 73.9 Å². The summed E-state index contributed by atoms with van der Waals surface area (Å²) in [6.45, 7) is 7.54. The maximum Gasteiger partial charge on any atom is 0.322 e. The van der Waals surface area contributed by atoms with E-state index < -0.39 is 5.54 Å². The standard InChI is InChI=1S/C27H35N3O3/c1-20(2)11-14-27(25(31)28-26(32)29-27)23-12-15-30(16-13-23)18-22-9-6-10-24(17-22)33-19-21-7-4-3-5-8-21/h3-10,17,20,23H,11-16,18-19H2,1-2H3,(H2,28,29,31,32). The number of hydrogen-bond acceptors (Lipinski definition) is 4. The van der Waals surface area contributed by atoms with Crippen molar-refractivity contribution in [2.45, 2.75) is 58.2 Å². The fraction of sp³-hybridized carbons (Fsp3) is 0.481. The van der Waals surface area contributed by atoms with Crippen LogP contribution in [0.25, 0.3) is 0 Å². The first-order valence-corrected chi connectivity index (χ1v) is 12.1. The summed E-state index contributed by atoms with van der Waals surface area (Å²) in [6, 6.07) is 18.1. The lowest BCUT2D eigenvalue weighted by Gasteiger charge is -2.41. The van der Waals surface area contributed by atoms with Crippen molar-refractivity contribution in [2.75, 3.05) is 13.1 Å². The third-order valence-corrected chi connectivity index (χ3v) is 6.92. The highest BCUT2D eigenvalue weighted by Gasteiger charge is 2.51. The number of benzene rings is 2. The number of hydrogen-bond donors (Lipinski definition) is 2. The highest BCUT2D eigenvalue weighted by molar-refractivity contribution is 6.07. The molecule has 0 radical (unpaired) electrons. The summed E-state index contributed by atoms with van der Waals surface area (Å²) in [5, 5.41) is 5.50. The Morgan fingerprint density at radius 2 is 1.76 bits per heavy atom. The molecule has 3 amide bonds. The molecule has 2 saturated heterocycles. The summed E-state index contributed by atoms with van der Waals surface area (Å²) in [6.07, 6.45) is 3.42. The number of urea groups is 1. The third kappa shape index (κ3) is 5.74. The Morgan fingerprint density at radius 1 is 1.03 bits per heavy atom. The zero-order chi connectivity index (χ0) is 23.3. The number of carbonyl (C=O) groups excluding carboxylic acids is 2. The van der Waals surface area contributed by atoms with Crippen LogP contribution in [-0.4, -0.2) is 35.5 Å². The van der Waals surface area contributed by atoms with Crippen LogP contribution >= 0.6 is 0 Å². The van der Waals surface area contributed by atoms with Crippen LogP contribution < -0.4 is 15.4 Å². The Kier molecular flexibility index (Phi) is 7.33. The van der Waals surface area contributed by atoms with Gasteiger partial charge in [0.1, 0.15) is 17.9 Å². The molecule has 2 aromatic carbocycles. The molecular weight excluding hydrogens is 414 g/mol. The second kappa shape index (κ2) is 10.4. The Morgan fingerprint density at radius 3 is 2.42 bits per heavy atom. The zero-order valence-corrected chi connectivity index (χ0v) is 19.7. The van der Waals surface area contributed by atoms with Crippen molar-refractivity contribution < 1.29 is 14.3 Å². The molecule has 2 fully saturated rings. The number of nitrogens with zero attached hydrogens (tertiary/aromatic N) is 1. The van der Waals surface area contributed by atoms with Crippen molar-refractivity contribution in [1.82, 2.24) is 15.5 Å². The van der Waals surface area contributed by atoms with Crippen LogP contribution in [0.15, 0.2) is 54.6 Å². The molecule has 2 heterocycles. The van der Waals surface area contributed by atoms with Crippen LogP contribution in [-0.2, 0) is 17.9 Å². The van der Waals surface area contributed by atoms with Crippen LogP contribution in [0.5, 0.6) is 5.75 Å². The molecule has 4 rings (SSSR count). The maximum absolute atomic E-state index is 12.8. The first kappa shape index (κ1) is 23.3. The van der Waals surface area contributed by atoms with Gasteiger partial charge in [-0.25, -0.2) is 4.79 Å². The van der Waals surface area contributed by atoms with E-state index in [0.717, 1.165) is 50.2 Å². The average molecular weight is 450 g/mol. The van der Waals surface area contributed by atoms with E-state index in [-0.39, 0.29) is 17.9 Å². The number of piperidine rings is 1. The van der Waals surface area contributed by atoms with Crippen LogP contribution in [0.4, 0.5) is 4.79 Å². The van der Waals surface area contributed by atoms with Crippen LogP contribution in [0.3, 0.4) is 0 Å². The smallest absolute Gasteiger partial charge is 0.322 e. The summed E-state index contributed by atoms with van der Waals surface area (Å²) in [5.74, 6) is 1.39. The first-order chi connectivity index (χ1) is 15.9. The summed E-state index contributed by atoms with van der Waals surface area (Å²) >= 11 is 0. The fourth-order valence-electron chi connectivity index (χ4n) is 5.01.